The van der Waals surface area contributed by atoms with Crippen molar-refractivity contribution in [1.82, 2.24) is 10.2 Å². The number of nitrogens with zero attached hydrogens (tertiary/aromatic N) is 2. The molecule has 1 aromatic heterocycles. The van der Waals surface area contributed by atoms with Gasteiger partial charge in [-0.2, -0.15) is 11.3 Å². The van der Waals surface area contributed by atoms with Gasteiger partial charge < -0.3 is 16.0 Å². The first-order valence-corrected chi connectivity index (χ1v) is 8.80. The second-order valence-corrected chi connectivity index (χ2v) is 6.79. The average Bonchev–Trinajstić information content (AvgIpc) is 3.01. The third-order valence-corrected chi connectivity index (χ3v) is 4.90. The lowest BCUT2D eigenvalue weighted by atomic mass is 9.95. The Bertz CT molecular complexity index is 500. The van der Waals surface area contributed by atoms with Crippen LogP contribution in [-0.2, 0) is 4.79 Å². The number of nitrogens with one attached hydrogen (secondary N) is 1. The van der Waals surface area contributed by atoms with Gasteiger partial charge in [0.1, 0.15) is 0 Å². The Morgan fingerprint density at radius 2 is 2.45 bits per heavy atom. The van der Waals surface area contributed by atoms with Gasteiger partial charge in [0.25, 0.3) is 0 Å². The molecule has 0 spiro atoms. The monoisotopic (exact) mass is 322 g/mol. The fourth-order valence-electron chi connectivity index (χ4n) is 2.96. The lowest BCUT2D eigenvalue weighted by molar-refractivity contribution is -0.119. The van der Waals surface area contributed by atoms with Crippen LogP contribution in [0.15, 0.2) is 21.8 Å². The maximum Gasteiger partial charge on any atom is 0.217 e. The summed E-state index contributed by atoms with van der Waals surface area (Å²) in [5.41, 5.74) is 6.69. The molecule has 0 saturated carbocycles. The Morgan fingerprint density at radius 1 is 1.64 bits per heavy atom. The van der Waals surface area contributed by atoms with Crippen molar-refractivity contribution in [1.29, 1.82) is 0 Å². The molecule has 1 aliphatic rings. The topological polar surface area (TPSA) is 70.7 Å². The van der Waals surface area contributed by atoms with E-state index in [0.717, 1.165) is 38.4 Å². The number of hydrogen-bond donors (Lipinski definition) is 2. The number of piperidine rings is 1. The largest absolute Gasteiger partial charge is 0.370 e. The fourth-order valence-corrected chi connectivity index (χ4v) is 3.74. The van der Waals surface area contributed by atoms with E-state index in [2.05, 4.69) is 39.0 Å². The molecule has 5 nitrogen and oxygen atoms in total. The van der Waals surface area contributed by atoms with E-state index in [1.165, 1.54) is 5.56 Å². The van der Waals surface area contributed by atoms with E-state index in [0.29, 0.717) is 18.3 Å². The maximum absolute atomic E-state index is 11.1. The highest BCUT2D eigenvalue weighted by Gasteiger charge is 2.23. The molecular weight excluding hydrogens is 296 g/mol. The average molecular weight is 322 g/mol. The molecule has 0 bridgehead atoms. The Balaban J connectivity index is 1.87. The van der Waals surface area contributed by atoms with Gasteiger partial charge in [-0.05, 0) is 47.1 Å². The molecular formula is C16H26N4OS. The van der Waals surface area contributed by atoms with E-state index in [1.54, 1.807) is 11.3 Å². The molecule has 2 unspecified atom stereocenters. The van der Waals surface area contributed by atoms with E-state index in [4.69, 9.17) is 5.73 Å². The second kappa shape index (κ2) is 8.17. The quantitative estimate of drug-likeness (QED) is 0.643. The number of amides is 1. The number of guanidine groups is 1. The molecule has 22 heavy (non-hydrogen) atoms. The predicted octanol–water partition coefficient (Wildman–Crippen LogP) is 2.01. The molecule has 2 atom stereocenters. The highest BCUT2D eigenvalue weighted by atomic mass is 32.1. The summed E-state index contributed by atoms with van der Waals surface area (Å²) in [6.45, 7) is 4.92. The minimum absolute atomic E-state index is 0.208. The van der Waals surface area contributed by atoms with E-state index in [9.17, 15) is 4.79 Å². The lowest BCUT2D eigenvalue weighted by Crippen LogP contribution is -2.47. The number of likely N-dealkylation sites (tertiary alicyclic amines) is 1. The second-order valence-electron chi connectivity index (χ2n) is 6.01. The molecule has 1 amide bonds. The van der Waals surface area contributed by atoms with Gasteiger partial charge in [0.15, 0.2) is 5.96 Å². The van der Waals surface area contributed by atoms with Crippen molar-refractivity contribution in [3.8, 4) is 0 Å². The zero-order valence-electron chi connectivity index (χ0n) is 13.4. The van der Waals surface area contributed by atoms with Gasteiger partial charge in [-0.1, -0.05) is 6.92 Å². The summed E-state index contributed by atoms with van der Waals surface area (Å²) >= 11 is 1.73. The molecule has 0 radical (unpaired) electrons. The number of rotatable bonds is 5. The fraction of sp³-hybridized carbons (Fsp3) is 0.625. The van der Waals surface area contributed by atoms with Crippen LogP contribution in [0.2, 0.25) is 0 Å². The van der Waals surface area contributed by atoms with Gasteiger partial charge in [-0.15, -0.1) is 0 Å². The summed E-state index contributed by atoms with van der Waals surface area (Å²) in [5.74, 6) is 1.52. The van der Waals surface area contributed by atoms with Crippen LogP contribution in [0.1, 0.15) is 37.7 Å². The van der Waals surface area contributed by atoms with Crippen molar-refractivity contribution in [3.63, 3.8) is 0 Å². The number of aliphatic imine (C=N–C) groups is 1. The Kier molecular flexibility index (Phi) is 6.24. The van der Waals surface area contributed by atoms with Crippen LogP contribution >= 0.6 is 11.3 Å². The minimum Gasteiger partial charge on any atom is -0.370 e. The molecule has 2 heterocycles. The number of thiophene rings is 1. The third kappa shape index (κ3) is 4.73. The van der Waals surface area contributed by atoms with Crippen molar-refractivity contribution in [2.24, 2.45) is 16.6 Å². The number of carbonyl (C=O) groups is 1. The zero-order valence-corrected chi connectivity index (χ0v) is 14.2. The first kappa shape index (κ1) is 16.8. The van der Waals surface area contributed by atoms with E-state index >= 15 is 0 Å². The molecule has 1 saturated heterocycles. The van der Waals surface area contributed by atoms with E-state index in [1.807, 2.05) is 7.05 Å². The van der Waals surface area contributed by atoms with Crippen LogP contribution in [0.25, 0.3) is 0 Å². The summed E-state index contributed by atoms with van der Waals surface area (Å²) in [6.07, 6.45) is 2.62. The molecule has 122 valence electrons. The molecule has 6 heteroatoms. The van der Waals surface area contributed by atoms with Crippen LogP contribution in [0, 0.1) is 5.92 Å². The Hall–Kier alpha value is -1.56. The number of carbonyl (C=O) groups excluding carboxylic acids is 1. The first-order valence-electron chi connectivity index (χ1n) is 7.86. The van der Waals surface area contributed by atoms with E-state index < -0.39 is 0 Å². The number of hydrogen-bond acceptors (Lipinski definition) is 3. The van der Waals surface area contributed by atoms with Crippen LogP contribution in [0.5, 0.6) is 0 Å². The molecule has 1 fully saturated rings. The zero-order chi connectivity index (χ0) is 15.9. The summed E-state index contributed by atoms with van der Waals surface area (Å²) in [7, 11) is 1.81. The van der Waals surface area contributed by atoms with Crippen molar-refractivity contribution < 1.29 is 4.79 Å². The standard InChI is InChI=1S/C16H26N4OS/c1-12(14-5-7-22-11-14)9-19-16(18-2)20-6-3-4-13(10-20)8-15(17)21/h5,7,11-13H,3-4,6,8-10H2,1-2H3,(H2,17,21)(H,18,19). The summed E-state index contributed by atoms with van der Waals surface area (Å²) in [6, 6.07) is 2.17. The number of primary amides is 1. The van der Waals surface area contributed by atoms with E-state index in [-0.39, 0.29) is 5.91 Å². The Labute approximate surface area is 136 Å². The van der Waals surface area contributed by atoms with Gasteiger partial charge in [0, 0.05) is 33.1 Å². The summed E-state index contributed by atoms with van der Waals surface area (Å²) in [4.78, 5) is 17.8. The van der Waals surface area contributed by atoms with Gasteiger partial charge >= 0.3 is 0 Å². The van der Waals surface area contributed by atoms with Gasteiger partial charge in [-0.25, -0.2) is 0 Å². The SMILES string of the molecule is CN=C(NCC(C)c1ccsc1)N1CCCC(CC(N)=O)C1. The van der Waals surface area contributed by atoms with Gasteiger partial charge in [-0.3, -0.25) is 9.79 Å². The third-order valence-electron chi connectivity index (χ3n) is 4.20. The lowest BCUT2D eigenvalue weighted by Gasteiger charge is -2.35. The minimum atomic E-state index is -0.208. The first-order chi connectivity index (χ1) is 10.6. The Morgan fingerprint density at radius 3 is 3.09 bits per heavy atom. The van der Waals surface area contributed by atoms with Crippen LogP contribution in [0.3, 0.4) is 0 Å². The summed E-state index contributed by atoms with van der Waals surface area (Å²) < 4.78 is 0. The number of nitrogens with two attached hydrogens (primary N) is 1. The van der Waals surface area contributed by atoms with Crippen molar-refractivity contribution >= 4 is 23.2 Å². The highest BCUT2D eigenvalue weighted by Crippen LogP contribution is 2.20. The molecule has 1 aliphatic heterocycles. The van der Waals surface area contributed by atoms with Crippen LogP contribution in [-0.4, -0.2) is 43.4 Å². The van der Waals surface area contributed by atoms with Crippen LogP contribution < -0.4 is 11.1 Å². The highest BCUT2D eigenvalue weighted by molar-refractivity contribution is 7.07. The summed E-state index contributed by atoms with van der Waals surface area (Å²) in [5, 5.41) is 7.77. The smallest absolute Gasteiger partial charge is 0.217 e. The maximum atomic E-state index is 11.1. The molecule has 0 aliphatic carbocycles. The predicted molar refractivity (Wildman–Crippen MR) is 92.2 cm³/mol. The van der Waals surface area contributed by atoms with Crippen molar-refractivity contribution in [2.45, 2.75) is 32.1 Å². The van der Waals surface area contributed by atoms with Crippen LogP contribution in [0.4, 0.5) is 0 Å². The van der Waals surface area contributed by atoms with Gasteiger partial charge in [0.05, 0.1) is 0 Å². The molecule has 2 rings (SSSR count). The molecule has 3 N–H and O–H groups in total. The van der Waals surface area contributed by atoms with Crippen molar-refractivity contribution in [3.05, 3.63) is 22.4 Å². The normalized spacial score (nSPS) is 20.7. The molecule has 0 aromatic carbocycles. The van der Waals surface area contributed by atoms with Crippen molar-refractivity contribution in [2.75, 3.05) is 26.7 Å². The van der Waals surface area contributed by atoms with Gasteiger partial charge in [0.2, 0.25) is 5.91 Å². The molecule has 1 aromatic rings.